The molecular formula is C13H19FN2O. The lowest BCUT2D eigenvalue weighted by molar-refractivity contribution is -0.120. The summed E-state index contributed by atoms with van der Waals surface area (Å²) in [5.41, 5.74) is 2.36. The molecule has 0 radical (unpaired) electrons. The number of nitrogens with one attached hydrogen (secondary N) is 2. The summed E-state index contributed by atoms with van der Waals surface area (Å²) in [6.07, 6.45) is 0.454. The maximum Gasteiger partial charge on any atom is 0.221 e. The van der Waals surface area contributed by atoms with Gasteiger partial charge in [-0.25, -0.2) is 4.39 Å². The Morgan fingerprint density at radius 2 is 1.88 bits per heavy atom. The van der Waals surface area contributed by atoms with E-state index in [-0.39, 0.29) is 11.7 Å². The molecule has 17 heavy (non-hydrogen) atoms. The van der Waals surface area contributed by atoms with Gasteiger partial charge >= 0.3 is 0 Å². The molecule has 94 valence electrons. The van der Waals surface area contributed by atoms with Crippen molar-refractivity contribution in [3.63, 3.8) is 0 Å². The molecule has 0 aliphatic heterocycles. The lowest BCUT2D eigenvalue weighted by atomic mass is 10.1. The van der Waals surface area contributed by atoms with E-state index in [9.17, 15) is 9.18 Å². The minimum absolute atomic E-state index is 0.0176. The first kappa shape index (κ1) is 13.6. The first-order chi connectivity index (χ1) is 8.04. The maximum absolute atomic E-state index is 13.4. The fourth-order valence-electron chi connectivity index (χ4n) is 1.70. The van der Waals surface area contributed by atoms with E-state index in [2.05, 4.69) is 10.6 Å². The number of carbonyl (C=O) groups excluding carboxylic acids is 1. The van der Waals surface area contributed by atoms with E-state index in [1.807, 2.05) is 12.1 Å². The number of aryl methyl sites for hydroxylation is 2. The molecule has 1 aromatic rings. The van der Waals surface area contributed by atoms with Gasteiger partial charge in [0, 0.05) is 26.6 Å². The third-order valence-electron chi connectivity index (χ3n) is 2.63. The van der Waals surface area contributed by atoms with E-state index in [1.54, 1.807) is 20.9 Å². The van der Waals surface area contributed by atoms with Gasteiger partial charge < -0.3 is 10.6 Å². The van der Waals surface area contributed by atoms with Gasteiger partial charge in [0.2, 0.25) is 5.91 Å². The van der Waals surface area contributed by atoms with Crippen LogP contribution in [0, 0.1) is 19.7 Å². The van der Waals surface area contributed by atoms with Crippen LogP contribution in [0.5, 0.6) is 0 Å². The molecule has 0 saturated heterocycles. The van der Waals surface area contributed by atoms with Gasteiger partial charge in [-0.2, -0.15) is 0 Å². The van der Waals surface area contributed by atoms with Crippen molar-refractivity contribution in [2.24, 2.45) is 0 Å². The Kier molecular flexibility index (Phi) is 5.10. The van der Waals surface area contributed by atoms with Crippen LogP contribution in [-0.2, 0) is 11.3 Å². The molecule has 0 aliphatic rings. The Bertz CT molecular complexity index is 381. The number of amides is 1. The zero-order chi connectivity index (χ0) is 12.8. The minimum atomic E-state index is -0.140. The van der Waals surface area contributed by atoms with E-state index in [1.165, 1.54) is 0 Å². The summed E-state index contributed by atoms with van der Waals surface area (Å²) in [4.78, 5) is 11.0. The summed E-state index contributed by atoms with van der Waals surface area (Å²) in [5.74, 6) is -0.122. The van der Waals surface area contributed by atoms with Crippen molar-refractivity contribution in [3.8, 4) is 0 Å². The van der Waals surface area contributed by atoms with Gasteiger partial charge in [-0.1, -0.05) is 12.1 Å². The largest absolute Gasteiger partial charge is 0.359 e. The highest BCUT2D eigenvalue weighted by Gasteiger charge is 2.04. The van der Waals surface area contributed by atoms with Crippen LogP contribution in [-0.4, -0.2) is 19.5 Å². The van der Waals surface area contributed by atoms with Gasteiger partial charge in [0.05, 0.1) is 0 Å². The number of benzene rings is 1. The maximum atomic E-state index is 13.4. The molecule has 4 heteroatoms. The summed E-state index contributed by atoms with van der Waals surface area (Å²) in [6, 6.07) is 3.66. The van der Waals surface area contributed by atoms with E-state index in [4.69, 9.17) is 0 Å². The van der Waals surface area contributed by atoms with Crippen molar-refractivity contribution < 1.29 is 9.18 Å². The molecule has 0 unspecified atom stereocenters. The van der Waals surface area contributed by atoms with Gasteiger partial charge in [0.15, 0.2) is 0 Å². The van der Waals surface area contributed by atoms with Crippen molar-refractivity contribution >= 4 is 5.91 Å². The number of hydrogen-bond acceptors (Lipinski definition) is 2. The van der Waals surface area contributed by atoms with Gasteiger partial charge in [0.1, 0.15) is 5.82 Å². The van der Waals surface area contributed by atoms with Crippen molar-refractivity contribution in [2.45, 2.75) is 26.8 Å². The Morgan fingerprint density at radius 1 is 1.29 bits per heavy atom. The van der Waals surface area contributed by atoms with Gasteiger partial charge in [-0.3, -0.25) is 4.79 Å². The molecule has 1 aromatic carbocycles. The van der Waals surface area contributed by atoms with Crippen LogP contribution in [0.1, 0.15) is 23.1 Å². The van der Waals surface area contributed by atoms with E-state index >= 15 is 0 Å². The van der Waals surface area contributed by atoms with Crippen LogP contribution >= 0.6 is 0 Å². The lowest BCUT2D eigenvalue weighted by Gasteiger charge is -2.08. The summed E-state index contributed by atoms with van der Waals surface area (Å²) < 4.78 is 13.4. The Morgan fingerprint density at radius 3 is 2.41 bits per heavy atom. The molecule has 0 bridgehead atoms. The van der Waals surface area contributed by atoms with E-state index in [0.29, 0.717) is 30.6 Å². The van der Waals surface area contributed by atoms with Crippen LogP contribution in [0.4, 0.5) is 4.39 Å². The Labute approximate surface area is 101 Å². The predicted octanol–water partition coefficient (Wildman–Crippen LogP) is 1.67. The molecule has 0 aliphatic carbocycles. The first-order valence-electron chi connectivity index (χ1n) is 5.71. The average Bonchev–Trinajstić information content (AvgIpc) is 2.31. The zero-order valence-corrected chi connectivity index (χ0v) is 10.6. The molecule has 0 fully saturated rings. The molecule has 3 nitrogen and oxygen atoms in total. The van der Waals surface area contributed by atoms with Crippen molar-refractivity contribution in [1.29, 1.82) is 0 Å². The zero-order valence-electron chi connectivity index (χ0n) is 10.6. The average molecular weight is 238 g/mol. The van der Waals surface area contributed by atoms with Crippen LogP contribution in [0.2, 0.25) is 0 Å². The van der Waals surface area contributed by atoms with Crippen molar-refractivity contribution in [3.05, 3.63) is 34.6 Å². The smallest absolute Gasteiger partial charge is 0.221 e. The quantitative estimate of drug-likeness (QED) is 0.766. The van der Waals surface area contributed by atoms with Crippen molar-refractivity contribution in [1.82, 2.24) is 10.6 Å². The molecule has 1 rings (SSSR count). The fourth-order valence-corrected chi connectivity index (χ4v) is 1.70. The highest BCUT2D eigenvalue weighted by Crippen LogP contribution is 2.14. The number of halogens is 1. The monoisotopic (exact) mass is 238 g/mol. The second-order valence-electron chi connectivity index (χ2n) is 4.14. The van der Waals surface area contributed by atoms with Gasteiger partial charge in [-0.05, 0) is 30.5 Å². The second kappa shape index (κ2) is 6.35. The molecule has 0 saturated carbocycles. The Balaban J connectivity index is 2.45. The molecular weight excluding hydrogens is 219 g/mol. The molecule has 1 amide bonds. The van der Waals surface area contributed by atoms with Gasteiger partial charge in [-0.15, -0.1) is 0 Å². The summed E-state index contributed by atoms with van der Waals surface area (Å²) in [7, 11) is 1.62. The SMILES string of the molecule is CNC(=O)CCNCc1cc(C)c(F)c(C)c1. The molecule has 0 spiro atoms. The second-order valence-corrected chi connectivity index (χ2v) is 4.14. The van der Waals surface area contributed by atoms with Crippen LogP contribution in [0.3, 0.4) is 0 Å². The number of carbonyl (C=O) groups is 1. The summed E-state index contributed by atoms with van der Waals surface area (Å²) in [5, 5.41) is 5.72. The minimum Gasteiger partial charge on any atom is -0.359 e. The van der Waals surface area contributed by atoms with Crippen LogP contribution in [0.25, 0.3) is 0 Å². The molecule has 2 N–H and O–H groups in total. The third kappa shape index (κ3) is 4.15. The fraction of sp³-hybridized carbons (Fsp3) is 0.462. The van der Waals surface area contributed by atoms with Crippen LogP contribution < -0.4 is 10.6 Å². The molecule has 0 aromatic heterocycles. The number of hydrogen-bond donors (Lipinski definition) is 2. The highest BCUT2D eigenvalue weighted by atomic mass is 19.1. The van der Waals surface area contributed by atoms with Crippen molar-refractivity contribution in [2.75, 3.05) is 13.6 Å². The summed E-state index contributed by atoms with van der Waals surface area (Å²) >= 11 is 0. The lowest BCUT2D eigenvalue weighted by Crippen LogP contribution is -2.24. The molecule has 0 heterocycles. The summed E-state index contributed by atoms with van der Waals surface area (Å²) in [6.45, 7) is 4.79. The van der Waals surface area contributed by atoms with Gasteiger partial charge in [0.25, 0.3) is 0 Å². The van der Waals surface area contributed by atoms with E-state index < -0.39 is 0 Å². The van der Waals surface area contributed by atoms with Crippen LogP contribution in [0.15, 0.2) is 12.1 Å². The third-order valence-corrected chi connectivity index (χ3v) is 2.63. The highest BCUT2D eigenvalue weighted by molar-refractivity contribution is 5.75. The van der Waals surface area contributed by atoms with E-state index in [0.717, 1.165) is 5.56 Å². The Hall–Kier alpha value is -1.42. The number of rotatable bonds is 5. The standard InChI is InChI=1S/C13H19FN2O/c1-9-6-11(7-10(2)13(9)14)8-16-5-4-12(17)15-3/h6-7,16H,4-5,8H2,1-3H3,(H,15,17). The predicted molar refractivity (Wildman–Crippen MR) is 66.3 cm³/mol. The molecule has 0 atom stereocenters. The topological polar surface area (TPSA) is 41.1 Å². The normalized spacial score (nSPS) is 10.4. The first-order valence-corrected chi connectivity index (χ1v) is 5.71.